The lowest BCUT2D eigenvalue weighted by Crippen LogP contribution is -2.23. The largest absolute Gasteiger partial charge is 0.508 e. The average Bonchev–Trinajstić information content (AvgIpc) is 2.35. The van der Waals surface area contributed by atoms with E-state index in [0.29, 0.717) is 5.56 Å². The van der Waals surface area contributed by atoms with Crippen LogP contribution in [0.5, 0.6) is 0 Å². The number of carbonyl (C=O) groups is 1. The van der Waals surface area contributed by atoms with Crippen molar-refractivity contribution in [1.29, 1.82) is 0 Å². The Morgan fingerprint density at radius 2 is 2.06 bits per heavy atom. The molecule has 0 bridgehead atoms. The molecule has 4 nitrogen and oxygen atoms in total. The van der Waals surface area contributed by atoms with Gasteiger partial charge < -0.3 is 14.6 Å². The van der Waals surface area contributed by atoms with Gasteiger partial charge in [0.2, 0.25) is 0 Å². The Bertz CT molecular complexity index is 347. The lowest BCUT2D eigenvalue weighted by molar-refractivity contribution is -0.00465. The Morgan fingerprint density at radius 3 is 2.56 bits per heavy atom. The molecule has 0 aromatic heterocycles. The topological polar surface area (TPSA) is 55.8 Å². The summed E-state index contributed by atoms with van der Waals surface area (Å²) in [5.74, 6) is 0. The Labute approximate surface area is 94.1 Å². The zero-order valence-electron chi connectivity index (χ0n) is 9.00. The fourth-order valence-corrected chi connectivity index (χ4v) is 1.24. The van der Waals surface area contributed by atoms with Gasteiger partial charge in [0.25, 0.3) is 0 Å². The number of hydrogen-bond donors (Lipinski definition) is 1. The summed E-state index contributed by atoms with van der Waals surface area (Å²) < 4.78 is 9.18. The SMILES string of the molecule is C=C[C@H](OC(=O)OC)[C@H](O)c1ccccc1. The van der Waals surface area contributed by atoms with Crippen LogP contribution >= 0.6 is 0 Å². The van der Waals surface area contributed by atoms with Crippen LogP contribution in [0.25, 0.3) is 0 Å². The molecular weight excluding hydrogens is 208 g/mol. The summed E-state index contributed by atoms with van der Waals surface area (Å²) in [5, 5.41) is 9.92. The number of aliphatic hydroxyl groups is 1. The minimum Gasteiger partial charge on any atom is -0.438 e. The van der Waals surface area contributed by atoms with E-state index in [1.54, 1.807) is 24.3 Å². The molecule has 1 aromatic carbocycles. The maximum absolute atomic E-state index is 10.9. The molecule has 0 fully saturated rings. The van der Waals surface area contributed by atoms with Gasteiger partial charge in [0.15, 0.2) is 6.10 Å². The summed E-state index contributed by atoms with van der Waals surface area (Å²) in [6, 6.07) is 8.89. The molecule has 1 rings (SSSR count). The van der Waals surface area contributed by atoms with Crippen molar-refractivity contribution >= 4 is 6.16 Å². The minimum absolute atomic E-state index is 0.649. The summed E-state index contributed by atoms with van der Waals surface area (Å²) in [5.41, 5.74) is 0.649. The highest BCUT2D eigenvalue weighted by atomic mass is 16.7. The van der Waals surface area contributed by atoms with E-state index in [1.807, 2.05) is 6.07 Å². The summed E-state index contributed by atoms with van der Waals surface area (Å²) in [4.78, 5) is 10.9. The van der Waals surface area contributed by atoms with Crippen molar-refractivity contribution in [3.63, 3.8) is 0 Å². The van der Waals surface area contributed by atoms with Crippen molar-refractivity contribution < 1.29 is 19.4 Å². The van der Waals surface area contributed by atoms with Crippen molar-refractivity contribution in [3.8, 4) is 0 Å². The number of carbonyl (C=O) groups excluding carboxylic acids is 1. The summed E-state index contributed by atoms with van der Waals surface area (Å²) >= 11 is 0. The third-order valence-corrected chi connectivity index (χ3v) is 2.08. The quantitative estimate of drug-likeness (QED) is 0.625. The Balaban J connectivity index is 2.73. The van der Waals surface area contributed by atoms with Crippen LogP contribution in [0.2, 0.25) is 0 Å². The van der Waals surface area contributed by atoms with Crippen molar-refractivity contribution in [2.24, 2.45) is 0 Å². The van der Waals surface area contributed by atoms with Gasteiger partial charge in [-0.05, 0) is 11.6 Å². The molecule has 0 amide bonds. The van der Waals surface area contributed by atoms with E-state index in [0.717, 1.165) is 0 Å². The van der Waals surface area contributed by atoms with Gasteiger partial charge >= 0.3 is 6.16 Å². The van der Waals surface area contributed by atoms with E-state index in [4.69, 9.17) is 4.74 Å². The van der Waals surface area contributed by atoms with Crippen molar-refractivity contribution in [3.05, 3.63) is 48.6 Å². The van der Waals surface area contributed by atoms with Crippen LogP contribution in [0.1, 0.15) is 11.7 Å². The predicted molar refractivity (Wildman–Crippen MR) is 58.9 cm³/mol. The summed E-state index contributed by atoms with van der Waals surface area (Å²) in [7, 11) is 1.21. The third kappa shape index (κ3) is 3.10. The van der Waals surface area contributed by atoms with Crippen LogP contribution in [0.15, 0.2) is 43.0 Å². The first kappa shape index (κ1) is 12.3. The molecule has 1 aromatic rings. The van der Waals surface area contributed by atoms with Gasteiger partial charge in [0, 0.05) is 0 Å². The molecule has 0 unspecified atom stereocenters. The van der Waals surface area contributed by atoms with Crippen molar-refractivity contribution in [1.82, 2.24) is 0 Å². The van der Waals surface area contributed by atoms with Crippen LogP contribution in [0.4, 0.5) is 4.79 Å². The van der Waals surface area contributed by atoms with Gasteiger partial charge in [0.05, 0.1) is 7.11 Å². The van der Waals surface area contributed by atoms with Gasteiger partial charge in [0.1, 0.15) is 6.10 Å². The van der Waals surface area contributed by atoms with Crippen molar-refractivity contribution in [2.45, 2.75) is 12.2 Å². The Morgan fingerprint density at radius 1 is 1.44 bits per heavy atom. The van der Waals surface area contributed by atoms with Gasteiger partial charge in [-0.15, -0.1) is 0 Å². The lowest BCUT2D eigenvalue weighted by Gasteiger charge is -2.19. The number of benzene rings is 1. The molecule has 1 N–H and O–H groups in total. The zero-order valence-corrected chi connectivity index (χ0v) is 9.00. The van der Waals surface area contributed by atoms with Crippen LogP contribution in [-0.4, -0.2) is 24.5 Å². The molecule has 0 aliphatic heterocycles. The van der Waals surface area contributed by atoms with Gasteiger partial charge in [-0.1, -0.05) is 36.9 Å². The summed E-state index contributed by atoms with van der Waals surface area (Å²) in [6.07, 6.45) is -1.26. The maximum atomic E-state index is 10.9. The first-order valence-electron chi connectivity index (χ1n) is 4.79. The molecule has 16 heavy (non-hydrogen) atoms. The average molecular weight is 222 g/mol. The van der Waals surface area contributed by atoms with Gasteiger partial charge in [-0.2, -0.15) is 0 Å². The van der Waals surface area contributed by atoms with Crippen LogP contribution < -0.4 is 0 Å². The van der Waals surface area contributed by atoms with E-state index >= 15 is 0 Å². The summed E-state index contributed by atoms with van der Waals surface area (Å²) in [6.45, 7) is 3.50. The molecule has 0 aliphatic rings. The molecule has 0 saturated heterocycles. The molecule has 0 spiro atoms. The minimum atomic E-state index is -0.946. The van der Waals surface area contributed by atoms with Crippen LogP contribution in [0, 0.1) is 0 Å². The first-order valence-corrected chi connectivity index (χ1v) is 4.79. The molecular formula is C12H14O4. The zero-order chi connectivity index (χ0) is 12.0. The second-order valence-electron chi connectivity index (χ2n) is 3.13. The number of methoxy groups -OCH3 is 1. The molecule has 0 radical (unpaired) electrons. The standard InChI is InChI=1S/C12H14O4/c1-3-10(16-12(14)15-2)11(13)9-7-5-4-6-8-9/h3-8,10-11,13H,1H2,2H3/t10-,11+/m0/s1. The monoisotopic (exact) mass is 222 g/mol. The predicted octanol–water partition coefficient (Wildman–Crippen LogP) is 2.06. The second-order valence-corrected chi connectivity index (χ2v) is 3.13. The Hall–Kier alpha value is -1.81. The van der Waals surface area contributed by atoms with E-state index in [9.17, 15) is 9.90 Å². The molecule has 0 heterocycles. The molecule has 2 atom stereocenters. The number of aliphatic hydroxyl groups excluding tert-OH is 1. The van der Waals surface area contributed by atoms with E-state index < -0.39 is 18.4 Å². The number of ether oxygens (including phenoxy) is 2. The highest BCUT2D eigenvalue weighted by Gasteiger charge is 2.21. The Kier molecular flexibility index (Phi) is 4.54. The first-order chi connectivity index (χ1) is 7.69. The smallest absolute Gasteiger partial charge is 0.438 e. The second kappa shape index (κ2) is 5.92. The normalized spacial score (nSPS) is 13.6. The number of hydrogen-bond acceptors (Lipinski definition) is 4. The maximum Gasteiger partial charge on any atom is 0.508 e. The number of rotatable bonds is 4. The third-order valence-electron chi connectivity index (χ3n) is 2.08. The molecule has 0 aliphatic carbocycles. The fraction of sp³-hybridized carbons (Fsp3) is 0.250. The van der Waals surface area contributed by atoms with E-state index in [1.165, 1.54) is 13.2 Å². The fourth-order valence-electron chi connectivity index (χ4n) is 1.24. The molecule has 4 heteroatoms. The highest BCUT2D eigenvalue weighted by molar-refractivity contribution is 5.60. The van der Waals surface area contributed by atoms with Crippen LogP contribution in [0.3, 0.4) is 0 Å². The van der Waals surface area contributed by atoms with E-state index in [-0.39, 0.29) is 0 Å². The lowest BCUT2D eigenvalue weighted by atomic mass is 10.0. The highest BCUT2D eigenvalue weighted by Crippen LogP contribution is 2.19. The van der Waals surface area contributed by atoms with Gasteiger partial charge in [-0.3, -0.25) is 0 Å². The van der Waals surface area contributed by atoms with Crippen molar-refractivity contribution in [2.75, 3.05) is 7.11 Å². The molecule has 86 valence electrons. The molecule has 0 saturated carbocycles. The van der Waals surface area contributed by atoms with Crippen LogP contribution in [-0.2, 0) is 9.47 Å². The van der Waals surface area contributed by atoms with E-state index in [2.05, 4.69) is 11.3 Å². The van der Waals surface area contributed by atoms with Gasteiger partial charge in [-0.25, -0.2) is 4.79 Å².